The predicted molar refractivity (Wildman–Crippen MR) is 113 cm³/mol. The number of rotatable bonds is 7. The second kappa shape index (κ2) is 9.52. The van der Waals surface area contributed by atoms with Crippen molar-refractivity contribution in [3.8, 4) is 0 Å². The van der Waals surface area contributed by atoms with Crippen molar-refractivity contribution in [3.63, 3.8) is 0 Å². The Morgan fingerprint density at radius 3 is 2.86 bits per heavy atom. The molecule has 0 amide bonds. The van der Waals surface area contributed by atoms with Crippen LogP contribution >= 0.6 is 0 Å². The van der Waals surface area contributed by atoms with Gasteiger partial charge >= 0.3 is 0 Å². The van der Waals surface area contributed by atoms with Gasteiger partial charge in [0.25, 0.3) is 0 Å². The molecule has 3 aliphatic rings. The number of fused-ring (bicyclic) bond motifs is 1. The molecule has 1 saturated heterocycles. The summed E-state index contributed by atoms with van der Waals surface area (Å²) >= 11 is 0. The maximum absolute atomic E-state index is 6.06. The van der Waals surface area contributed by atoms with Crippen molar-refractivity contribution in [2.24, 2.45) is 4.99 Å². The lowest BCUT2D eigenvalue weighted by molar-refractivity contribution is -0.139. The summed E-state index contributed by atoms with van der Waals surface area (Å²) < 4.78 is 0. The maximum Gasteiger partial charge on any atom is 0.128 e. The highest BCUT2D eigenvalue weighted by atomic mass is 16.7. The number of hydrogen-bond donors (Lipinski definition) is 0. The van der Waals surface area contributed by atoms with Gasteiger partial charge in [-0.2, -0.15) is 0 Å². The smallest absolute Gasteiger partial charge is 0.128 e. The van der Waals surface area contributed by atoms with Gasteiger partial charge in [0.1, 0.15) is 5.82 Å². The van der Waals surface area contributed by atoms with E-state index in [9.17, 15) is 0 Å². The van der Waals surface area contributed by atoms with E-state index in [0.29, 0.717) is 6.04 Å². The molecule has 152 valence electrons. The molecule has 6 heteroatoms. The monoisotopic (exact) mass is 383 g/mol. The molecule has 4 rings (SSSR count). The van der Waals surface area contributed by atoms with Crippen LogP contribution < -0.4 is 4.90 Å². The lowest BCUT2D eigenvalue weighted by atomic mass is 9.92. The van der Waals surface area contributed by atoms with E-state index in [2.05, 4.69) is 50.0 Å². The number of anilines is 1. The molecule has 0 aromatic carbocycles. The lowest BCUT2D eigenvalue weighted by Crippen LogP contribution is -2.47. The first-order valence-electron chi connectivity index (χ1n) is 10.8. The Morgan fingerprint density at radius 1 is 1.11 bits per heavy atom. The highest BCUT2D eigenvalue weighted by Gasteiger charge is 2.27. The second-order valence-electron chi connectivity index (χ2n) is 8.05. The molecule has 1 aromatic heterocycles. The van der Waals surface area contributed by atoms with Crippen molar-refractivity contribution in [2.45, 2.75) is 51.5 Å². The number of hydroxylamine groups is 2. The molecule has 0 radical (unpaired) electrons. The number of aryl methyl sites for hydroxylation is 1. The van der Waals surface area contributed by atoms with Gasteiger partial charge in [0, 0.05) is 50.0 Å². The van der Waals surface area contributed by atoms with Gasteiger partial charge in [0.2, 0.25) is 0 Å². The summed E-state index contributed by atoms with van der Waals surface area (Å²) in [5, 5.41) is 2.05. The van der Waals surface area contributed by atoms with Crippen molar-refractivity contribution in [1.82, 2.24) is 14.9 Å². The first-order valence-corrected chi connectivity index (χ1v) is 10.8. The van der Waals surface area contributed by atoms with Crippen molar-refractivity contribution < 1.29 is 4.84 Å². The van der Waals surface area contributed by atoms with Crippen LogP contribution in [-0.2, 0) is 4.84 Å². The molecular formula is C22H33N5O. The summed E-state index contributed by atoms with van der Waals surface area (Å²) in [5.74, 6) is 1.12. The fourth-order valence-electron chi connectivity index (χ4n) is 4.35. The molecule has 28 heavy (non-hydrogen) atoms. The standard InChI is InChI=1S/C22H33N5O/c1-19-7-6-10-22(24-19)26-16-14-25(15-17-26)12-4-5-18-28-27-13-11-23-20-8-2-3-9-21(20)27/h6-7,10-11,13,21H,2-5,8-9,12,14-18H2,1H3. The molecule has 6 nitrogen and oxygen atoms in total. The Hall–Kier alpha value is -1.92. The Labute approximate surface area is 168 Å². The van der Waals surface area contributed by atoms with Crippen LogP contribution in [0.15, 0.2) is 35.6 Å². The Morgan fingerprint density at radius 2 is 2.00 bits per heavy atom. The number of unbranched alkanes of at least 4 members (excludes halogenated alkanes) is 1. The Bertz CT molecular complexity index is 696. The van der Waals surface area contributed by atoms with E-state index < -0.39 is 0 Å². The molecule has 1 aliphatic carbocycles. The molecule has 3 heterocycles. The highest BCUT2D eigenvalue weighted by molar-refractivity contribution is 5.91. The van der Waals surface area contributed by atoms with Gasteiger partial charge in [-0.15, -0.1) is 0 Å². The Balaban J connectivity index is 1.11. The van der Waals surface area contributed by atoms with E-state index in [1.165, 1.54) is 31.4 Å². The summed E-state index contributed by atoms with van der Waals surface area (Å²) in [6.07, 6.45) is 11.0. The van der Waals surface area contributed by atoms with Crippen LogP contribution in [0.1, 0.15) is 44.2 Å². The zero-order chi connectivity index (χ0) is 19.2. The number of aliphatic imine (C=N–C) groups is 1. The second-order valence-corrected chi connectivity index (χ2v) is 8.05. The number of hydrogen-bond acceptors (Lipinski definition) is 6. The molecule has 0 N–H and O–H groups in total. The number of aromatic nitrogens is 1. The van der Waals surface area contributed by atoms with Crippen LogP contribution in [0.25, 0.3) is 0 Å². The minimum atomic E-state index is 0.377. The van der Waals surface area contributed by atoms with Crippen molar-refractivity contribution in [1.29, 1.82) is 0 Å². The van der Waals surface area contributed by atoms with Gasteiger partial charge < -0.3 is 4.90 Å². The van der Waals surface area contributed by atoms with Gasteiger partial charge in [0.05, 0.1) is 12.6 Å². The minimum absolute atomic E-state index is 0.377. The Kier molecular flexibility index (Phi) is 6.60. The lowest BCUT2D eigenvalue weighted by Gasteiger charge is -2.36. The molecule has 1 atom stereocenters. The van der Waals surface area contributed by atoms with E-state index in [-0.39, 0.29) is 0 Å². The third-order valence-corrected chi connectivity index (χ3v) is 5.99. The molecular weight excluding hydrogens is 350 g/mol. The summed E-state index contributed by atoms with van der Waals surface area (Å²) in [4.78, 5) is 20.2. The van der Waals surface area contributed by atoms with E-state index in [1.807, 2.05) is 12.4 Å². The van der Waals surface area contributed by atoms with Crippen LogP contribution in [-0.4, -0.2) is 66.0 Å². The molecule has 0 spiro atoms. The van der Waals surface area contributed by atoms with Crippen LogP contribution in [0.4, 0.5) is 5.82 Å². The van der Waals surface area contributed by atoms with E-state index >= 15 is 0 Å². The molecule has 1 unspecified atom stereocenters. The predicted octanol–water partition coefficient (Wildman–Crippen LogP) is 3.39. The third kappa shape index (κ3) is 4.92. The summed E-state index contributed by atoms with van der Waals surface area (Å²) in [6, 6.07) is 6.66. The molecule has 2 aliphatic heterocycles. The van der Waals surface area contributed by atoms with Gasteiger partial charge in [-0.3, -0.25) is 19.8 Å². The SMILES string of the molecule is Cc1cccc(N2CCN(CCCCON3C=CN=C4CCCCC43)CC2)n1. The van der Waals surface area contributed by atoms with E-state index in [4.69, 9.17) is 4.84 Å². The van der Waals surface area contributed by atoms with Crippen molar-refractivity contribution >= 4 is 11.5 Å². The average Bonchev–Trinajstić information content (AvgIpc) is 2.74. The largest absolute Gasteiger partial charge is 0.354 e. The van der Waals surface area contributed by atoms with Gasteiger partial charge in [-0.1, -0.05) is 12.5 Å². The maximum atomic E-state index is 6.06. The first kappa shape index (κ1) is 19.4. The van der Waals surface area contributed by atoms with Gasteiger partial charge in [-0.25, -0.2) is 4.98 Å². The van der Waals surface area contributed by atoms with Crippen molar-refractivity contribution in [2.75, 3.05) is 44.2 Å². The quantitative estimate of drug-likeness (QED) is 0.675. The van der Waals surface area contributed by atoms with Crippen molar-refractivity contribution in [3.05, 3.63) is 36.3 Å². The van der Waals surface area contributed by atoms with Gasteiger partial charge in [0.15, 0.2) is 0 Å². The first-order chi connectivity index (χ1) is 13.8. The molecule has 2 fully saturated rings. The topological polar surface area (TPSA) is 44.2 Å². The van der Waals surface area contributed by atoms with Crippen LogP contribution in [0.3, 0.4) is 0 Å². The number of piperazine rings is 1. The molecule has 1 aromatic rings. The summed E-state index contributed by atoms with van der Waals surface area (Å²) in [7, 11) is 0. The van der Waals surface area contributed by atoms with Crippen LogP contribution in [0, 0.1) is 6.92 Å². The third-order valence-electron chi connectivity index (χ3n) is 5.99. The highest BCUT2D eigenvalue weighted by Crippen LogP contribution is 2.24. The van der Waals surface area contributed by atoms with E-state index in [0.717, 1.165) is 63.7 Å². The van der Waals surface area contributed by atoms with E-state index in [1.54, 1.807) is 0 Å². The normalized spacial score (nSPS) is 22.9. The summed E-state index contributed by atoms with van der Waals surface area (Å²) in [5.41, 5.74) is 2.39. The van der Waals surface area contributed by atoms with Crippen LogP contribution in [0.5, 0.6) is 0 Å². The fourth-order valence-corrected chi connectivity index (χ4v) is 4.35. The fraction of sp³-hybridized carbons (Fsp3) is 0.636. The molecule has 0 bridgehead atoms. The average molecular weight is 384 g/mol. The van der Waals surface area contributed by atoms with Gasteiger partial charge in [-0.05, 0) is 57.7 Å². The molecule has 1 saturated carbocycles. The van der Waals surface area contributed by atoms with Crippen LogP contribution in [0.2, 0.25) is 0 Å². The zero-order valence-corrected chi connectivity index (χ0v) is 17.1. The summed E-state index contributed by atoms with van der Waals surface area (Å²) in [6.45, 7) is 8.38. The number of pyridine rings is 1. The zero-order valence-electron chi connectivity index (χ0n) is 17.1. The minimum Gasteiger partial charge on any atom is -0.354 e. The number of nitrogens with zero attached hydrogens (tertiary/aromatic N) is 5.